The first kappa shape index (κ1) is 26.3. The van der Waals surface area contributed by atoms with Crippen LogP contribution in [-0.2, 0) is 14.3 Å². The van der Waals surface area contributed by atoms with Gasteiger partial charge in [-0.15, -0.1) is 0 Å². The first-order valence-corrected chi connectivity index (χ1v) is 12.3. The Morgan fingerprint density at radius 1 is 1.14 bits per heavy atom. The first-order chi connectivity index (χ1) is 18.0. The molecular weight excluding hydrogens is 482 g/mol. The van der Waals surface area contributed by atoms with Gasteiger partial charge >= 0.3 is 6.09 Å². The Balaban J connectivity index is 1.46. The van der Waals surface area contributed by atoms with Gasteiger partial charge < -0.3 is 34.4 Å². The minimum Gasteiger partial charge on any atom is -0.472 e. The smallest absolute Gasteiger partial charge is 0.409 e. The van der Waals surface area contributed by atoms with Gasteiger partial charge in [-0.05, 0) is 6.92 Å². The lowest BCUT2D eigenvalue weighted by Gasteiger charge is -2.35. The number of hydrogen-bond acceptors (Lipinski definition) is 9. The number of hydrogen-bond donors (Lipinski definition) is 2. The fraction of sp³-hybridized carbons (Fsp3) is 0.480. The molecule has 37 heavy (non-hydrogen) atoms. The van der Waals surface area contributed by atoms with Crippen molar-refractivity contribution in [1.29, 1.82) is 0 Å². The molecule has 12 heteroatoms. The lowest BCUT2D eigenvalue weighted by molar-refractivity contribution is -0.135. The van der Waals surface area contributed by atoms with Gasteiger partial charge in [0, 0.05) is 44.2 Å². The molecule has 2 fully saturated rings. The Labute approximate surface area is 214 Å². The molecule has 0 unspecified atom stereocenters. The van der Waals surface area contributed by atoms with Crippen LogP contribution in [0.1, 0.15) is 23.8 Å². The maximum atomic E-state index is 13.2. The van der Waals surface area contributed by atoms with Crippen LogP contribution >= 0.6 is 0 Å². The second kappa shape index (κ2) is 12.5. The molecule has 2 saturated heterocycles. The predicted molar refractivity (Wildman–Crippen MR) is 131 cm³/mol. The molecule has 0 saturated carbocycles. The highest BCUT2D eigenvalue weighted by Crippen LogP contribution is 2.21. The lowest BCUT2D eigenvalue weighted by Crippen LogP contribution is -2.56. The molecule has 1 aromatic carbocycles. The second-order valence-electron chi connectivity index (χ2n) is 8.60. The first-order valence-electron chi connectivity index (χ1n) is 12.3. The molecule has 1 aromatic heterocycles. The summed E-state index contributed by atoms with van der Waals surface area (Å²) in [6, 6.07) is 9.39. The van der Waals surface area contributed by atoms with Gasteiger partial charge in [0.25, 0.3) is 5.91 Å². The van der Waals surface area contributed by atoms with E-state index in [2.05, 4.69) is 15.3 Å². The quantitative estimate of drug-likeness (QED) is 0.521. The van der Waals surface area contributed by atoms with Crippen molar-refractivity contribution in [2.45, 2.75) is 25.5 Å². The van der Waals surface area contributed by atoms with Crippen LogP contribution in [0.15, 0.2) is 36.4 Å². The molecule has 0 radical (unpaired) electrons. The minimum absolute atomic E-state index is 0.00106. The predicted octanol–water partition coefficient (Wildman–Crippen LogP) is 0.703. The van der Waals surface area contributed by atoms with Crippen molar-refractivity contribution in [3.8, 4) is 17.3 Å². The van der Waals surface area contributed by atoms with Crippen LogP contribution in [0.25, 0.3) is 11.4 Å². The van der Waals surface area contributed by atoms with E-state index in [0.29, 0.717) is 44.1 Å². The van der Waals surface area contributed by atoms with Crippen LogP contribution in [0.2, 0.25) is 0 Å². The fourth-order valence-electron chi connectivity index (χ4n) is 4.06. The van der Waals surface area contributed by atoms with Gasteiger partial charge in [0.1, 0.15) is 17.8 Å². The summed E-state index contributed by atoms with van der Waals surface area (Å²) in [7, 11) is 0. The van der Waals surface area contributed by atoms with Crippen LogP contribution in [0.3, 0.4) is 0 Å². The SMILES string of the molecule is CCOC(=O)N1CCN(C(=O)[C@H](CO)NC(=O)c2cc(O[C@@H]3CCOC3)nc(-c3ccccc3)n2)CC1. The molecule has 3 amide bonds. The molecule has 2 N–H and O–H groups in total. The van der Waals surface area contributed by atoms with E-state index in [4.69, 9.17) is 14.2 Å². The molecule has 0 bridgehead atoms. The van der Waals surface area contributed by atoms with E-state index in [1.165, 1.54) is 15.9 Å². The lowest BCUT2D eigenvalue weighted by atomic mass is 10.2. The normalized spacial score (nSPS) is 18.3. The van der Waals surface area contributed by atoms with Crippen LogP contribution in [0, 0.1) is 0 Å². The van der Waals surface area contributed by atoms with Crippen molar-refractivity contribution in [1.82, 2.24) is 25.1 Å². The van der Waals surface area contributed by atoms with Crippen molar-refractivity contribution >= 4 is 17.9 Å². The summed E-state index contributed by atoms with van der Waals surface area (Å²) in [5.74, 6) is -0.582. The van der Waals surface area contributed by atoms with Gasteiger partial charge in [-0.25, -0.2) is 9.78 Å². The topological polar surface area (TPSA) is 143 Å². The summed E-state index contributed by atoms with van der Waals surface area (Å²) in [6.07, 6.45) is 0.0905. The number of aromatic nitrogens is 2. The Kier molecular flexibility index (Phi) is 8.86. The van der Waals surface area contributed by atoms with Crippen LogP contribution in [0.5, 0.6) is 5.88 Å². The number of aliphatic hydroxyl groups excluding tert-OH is 1. The zero-order chi connectivity index (χ0) is 26.2. The van der Waals surface area contributed by atoms with Gasteiger partial charge in [0.05, 0.1) is 26.4 Å². The van der Waals surface area contributed by atoms with Crippen molar-refractivity contribution in [3.63, 3.8) is 0 Å². The van der Waals surface area contributed by atoms with E-state index in [0.717, 1.165) is 0 Å². The number of rotatable bonds is 8. The van der Waals surface area contributed by atoms with Crippen molar-refractivity contribution in [2.24, 2.45) is 0 Å². The summed E-state index contributed by atoms with van der Waals surface area (Å²) in [5, 5.41) is 12.5. The molecule has 0 aliphatic carbocycles. The summed E-state index contributed by atoms with van der Waals surface area (Å²) >= 11 is 0. The Morgan fingerprint density at radius 2 is 1.86 bits per heavy atom. The van der Waals surface area contributed by atoms with E-state index in [1.54, 1.807) is 6.92 Å². The van der Waals surface area contributed by atoms with Crippen molar-refractivity contribution < 1.29 is 33.7 Å². The van der Waals surface area contributed by atoms with E-state index in [1.807, 2.05) is 30.3 Å². The molecule has 2 aliphatic heterocycles. The van der Waals surface area contributed by atoms with Crippen molar-refractivity contribution in [3.05, 3.63) is 42.1 Å². The molecular formula is C25H31N5O7. The van der Waals surface area contributed by atoms with Gasteiger partial charge in [0.2, 0.25) is 11.8 Å². The number of piperazine rings is 1. The molecule has 198 valence electrons. The molecule has 12 nitrogen and oxygen atoms in total. The van der Waals surface area contributed by atoms with Gasteiger partial charge in [-0.2, -0.15) is 4.98 Å². The van der Waals surface area contributed by atoms with E-state index >= 15 is 0 Å². The highest BCUT2D eigenvalue weighted by molar-refractivity contribution is 5.96. The van der Waals surface area contributed by atoms with Crippen LogP contribution in [0.4, 0.5) is 4.79 Å². The number of ether oxygens (including phenoxy) is 3. The van der Waals surface area contributed by atoms with E-state index in [-0.39, 0.29) is 37.4 Å². The third-order valence-electron chi connectivity index (χ3n) is 6.05. The molecule has 2 aromatic rings. The molecule has 3 heterocycles. The summed E-state index contributed by atoms with van der Waals surface area (Å²) in [6.45, 7) is 3.54. The van der Waals surface area contributed by atoms with Gasteiger partial charge in [-0.3, -0.25) is 9.59 Å². The number of amides is 3. The minimum atomic E-state index is -1.18. The Morgan fingerprint density at radius 3 is 2.51 bits per heavy atom. The average Bonchev–Trinajstić information content (AvgIpc) is 3.44. The van der Waals surface area contributed by atoms with E-state index in [9.17, 15) is 19.5 Å². The molecule has 0 spiro atoms. The number of nitrogens with one attached hydrogen (secondary N) is 1. The second-order valence-corrected chi connectivity index (χ2v) is 8.60. The summed E-state index contributed by atoms with van der Waals surface area (Å²) < 4.78 is 16.3. The largest absolute Gasteiger partial charge is 0.472 e. The number of nitrogens with zero attached hydrogens (tertiary/aromatic N) is 4. The van der Waals surface area contributed by atoms with Crippen LogP contribution in [-0.4, -0.2) is 108 Å². The van der Waals surface area contributed by atoms with Crippen LogP contribution < -0.4 is 10.1 Å². The summed E-state index contributed by atoms with van der Waals surface area (Å²) in [4.78, 5) is 49.9. The standard InChI is InChI=1S/C25H31N5O7/c1-2-36-25(34)30-11-9-29(10-12-30)24(33)20(15-31)27-23(32)19-14-21(37-18-8-13-35-16-18)28-22(26-19)17-6-4-3-5-7-17/h3-7,14,18,20,31H,2,8-13,15-16H2,1H3,(H,27,32)/t18-,20+/m1/s1. The van der Waals surface area contributed by atoms with Gasteiger partial charge in [0.15, 0.2) is 5.82 Å². The highest BCUT2D eigenvalue weighted by atomic mass is 16.6. The average molecular weight is 514 g/mol. The van der Waals surface area contributed by atoms with Crippen molar-refractivity contribution in [2.75, 3.05) is 52.6 Å². The zero-order valence-corrected chi connectivity index (χ0v) is 20.7. The maximum Gasteiger partial charge on any atom is 0.409 e. The van der Waals surface area contributed by atoms with Gasteiger partial charge in [-0.1, -0.05) is 30.3 Å². The molecule has 2 atom stereocenters. The summed E-state index contributed by atoms with van der Waals surface area (Å²) in [5.41, 5.74) is 0.695. The Bertz CT molecular complexity index is 1090. The fourth-order valence-corrected chi connectivity index (χ4v) is 4.06. The Hall–Kier alpha value is -3.77. The number of aliphatic hydroxyl groups is 1. The third-order valence-corrected chi connectivity index (χ3v) is 6.05. The van der Waals surface area contributed by atoms with E-state index < -0.39 is 30.6 Å². The maximum absolute atomic E-state index is 13.2. The number of benzene rings is 1. The molecule has 4 rings (SSSR count). The number of carbonyl (C=O) groups is 3. The number of carbonyl (C=O) groups excluding carboxylic acids is 3. The molecule has 2 aliphatic rings. The monoisotopic (exact) mass is 513 g/mol. The highest BCUT2D eigenvalue weighted by Gasteiger charge is 2.31. The third kappa shape index (κ3) is 6.71. The zero-order valence-electron chi connectivity index (χ0n) is 20.7.